The minimum absolute atomic E-state index is 0.500. The van der Waals surface area contributed by atoms with Crippen molar-refractivity contribution in [2.24, 2.45) is 7.05 Å². The first-order valence-electron chi connectivity index (χ1n) is 8.01. The van der Waals surface area contributed by atoms with Crippen molar-refractivity contribution < 1.29 is 4.74 Å². The SMILES string of the molecule is CN1CCC[C@H]1COc1cnn(C)c1-c1ccn2nccc2c1. The molecule has 120 valence electrons. The molecule has 23 heavy (non-hydrogen) atoms. The third-order valence-electron chi connectivity index (χ3n) is 4.68. The van der Waals surface area contributed by atoms with E-state index in [4.69, 9.17) is 4.74 Å². The van der Waals surface area contributed by atoms with Crippen LogP contribution in [-0.2, 0) is 7.05 Å². The molecule has 6 nitrogen and oxygen atoms in total. The number of aryl methyl sites for hydroxylation is 1. The summed E-state index contributed by atoms with van der Waals surface area (Å²) in [4.78, 5) is 2.37. The van der Waals surface area contributed by atoms with Crippen LogP contribution < -0.4 is 4.74 Å². The van der Waals surface area contributed by atoms with Crippen molar-refractivity contribution in [3.05, 3.63) is 36.8 Å². The lowest BCUT2D eigenvalue weighted by Crippen LogP contribution is -2.30. The summed E-state index contributed by atoms with van der Waals surface area (Å²) in [5.74, 6) is 0.844. The number of pyridine rings is 1. The maximum Gasteiger partial charge on any atom is 0.165 e. The van der Waals surface area contributed by atoms with Crippen LogP contribution in [0.2, 0.25) is 0 Å². The lowest BCUT2D eigenvalue weighted by molar-refractivity contribution is 0.199. The van der Waals surface area contributed by atoms with E-state index in [0.29, 0.717) is 12.6 Å². The van der Waals surface area contributed by atoms with Crippen molar-refractivity contribution in [3.8, 4) is 17.0 Å². The maximum atomic E-state index is 6.11. The van der Waals surface area contributed by atoms with Crippen molar-refractivity contribution in [3.63, 3.8) is 0 Å². The highest BCUT2D eigenvalue weighted by molar-refractivity contribution is 5.70. The predicted octanol–water partition coefficient (Wildman–Crippen LogP) is 2.21. The number of hydrogen-bond acceptors (Lipinski definition) is 4. The van der Waals surface area contributed by atoms with E-state index in [1.54, 1.807) is 6.20 Å². The van der Waals surface area contributed by atoms with E-state index < -0.39 is 0 Å². The van der Waals surface area contributed by atoms with E-state index in [1.165, 1.54) is 12.8 Å². The smallest absolute Gasteiger partial charge is 0.165 e. The molecule has 3 aromatic rings. The lowest BCUT2D eigenvalue weighted by Gasteiger charge is -2.19. The second-order valence-electron chi connectivity index (χ2n) is 6.18. The molecule has 0 N–H and O–H groups in total. The maximum absolute atomic E-state index is 6.11. The monoisotopic (exact) mass is 311 g/mol. The summed E-state index contributed by atoms with van der Waals surface area (Å²) in [6.45, 7) is 1.87. The quantitative estimate of drug-likeness (QED) is 0.741. The number of fused-ring (bicyclic) bond motifs is 1. The van der Waals surface area contributed by atoms with Gasteiger partial charge in [0.05, 0.1) is 11.7 Å². The molecule has 0 saturated carbocycles. The van der Waals surface area contributed by atoms with Crippen LogP contribution in [0.5, 0.6) is 5.75 Å². The predicted molar refractivity (Wildman–Crippen MR) is 88.5 cm³/mol. The van der Waals surface area contributed by atoms with Gasteiger partial charge in [-0.3, -0.25) is 4.68 Å². The van der Waals surface area contributed by atoms with Gasteiger partial charge in [-0.2, -0.15) is 10.2 Å². The standard InChI is InChI=1S/C17H21N5O/c1-20-8-3-4-15(20)12-23-16-11-19-21(2)17(16)13-6-9-22-14(10-13)5-7-18-22/h5-7,9-11,15H,3-4,8,12H2,1-2H3/t15-/m0/s1. The van der Waals surface area contributed by atoms with Gasteiger partial charge in [0, 0.05) is 31.0 Å². The van der Waals surface area contributed by atoms with E-state index in [-0.39, 0.29) is 0 Å². The van der Waals surface area contributed by atoms with Gasteiger partial charge in [0.15, 0.2) is 5.75 Å². The van der Waals surface area contributed by atoms with Gasteiger partial charge in [-0.05, 0) is 44.6 Å². The zero-order chi connectivity index (χ0) is 15.8. The van der Waals surface area contributed by atoms with Crippen LogP contribution in [0.25, 0.3) is 16.8 Å². The summed E-state index contributed by atoms with van der Waals surface area (Å²) < 4.78 is 9.84. The van der Waals surface area contributed by atoms with Crippen molar-refractivity contribution in [1.82, 2.24) is 24.3 Å². The fourth-order valence-electron chi connectivity index (χ4n) is 3.30. The summed E-state index contributed by atoms with van der Waals surface area (Å²) in [6, 6.07) is 6.65. The summed E-state index contributed by atoms with van der Waals surface area (Å²) in [6.07, 6.45) is 8.03. The van der Waals surface area contributed by atoms with Crippen LogP contribution in [0, 0.1) is 0 Å². The zero-order valence-corrected chi connectivity index (χ0v) is 13.5. The third-order valence-corrected chi connectivity index (χ3v) is 4.68. The van der Waals surface area contributed by atoms with Crippen molar-refractivity contribution >= 4 is 5.52 Å². The topological polar surface area (TPSA) is 47.6 Å². The first kappa shape index (κ1) is 14.3. The van der Waals surface area contributed by atoms with E-state index in [0.717, 1.165) is 29.1 Å². The van der Waals surface area contributed by atoms with Crippen LogP contribution in [0.15, 0.2) is 36.8 Å². The molecule has 4 rings (SSSR count). The Morgan fingerprint density at radius 1 is 1.26 bits per heavy atom. The van der Waals surface area contributed by atoms with Crippen molar-refractivity contribution in [2.45, 2.75) is 18.9 Å². The highest BCUT2D eigenvalue weighted by Gasteiger charge is 2.22. The van der Waals surface area contributed by atoms with Gasteiger partial charge >= 0.3 is 0 Å². The molecule has 4 heterocycles. The van der Waals surface area contributed by atoms with Gasteiger partial charge in [-0.1, -0.05) is 0 Å². The Morgan fingerprint density at radius 2 is 2.17 bits per heavy atom. The molecule has 1 aliphatic heterocycles. The number of aromatic nitrogens is 4. The van der Waals surface area contributed by atoms with Gasteiger partial charge in [-0.15, -0.1) is 0 Å². The van der Waals surface area contributed by atoms with E-state index >= 15 is 0 Å². The Bertz CT molecular complexity index is 821. The minimum Gasteiger partial charge on any atom is -0.488 e. The van der Waals surface area contributed by atoms with Crippen LogP contribution in [0.4, 0.5) is 0 Å². The molecular formula is C17H21N5O. The minimum atomic E-state index is 0.500. The number of hydrogen-bond donors (Lipinski definition) is 0. The highest BCUT2D eigenvalue weighted by atomic mass is 16.5. The third kappa shape index (κ3) is 2.59. The second kappa shape index (κ2) is 5.70. The van der Waals surface area contributed by atoms with Crippen LogP contribution in [0.3, 0.4) is 0 Å². The first-order chi connectivity index (χ1) is 11.2. The van der Waals surface area contributed by atoms with Crippen LogP contribution in [-0.4, -0.2) is 50.5 Å². The van der Waals surface area contributed by atoms with Gasteiger partial charge in [0.1, 0.15) is 12.3 Å². The average Bonchev–Trinajstić information content (AvgIpc) is 3.25. The van der Waals surface area contributed by atoms with Crippen molar-refractivity contribution in [1.29, 1.82) is 0 Å². The summed E-state index contributed by atoms with van der Waals surface area (Å²) in [5.41, 5.74) is 3.16. The average molecular weight is 311 g/mol. The van der Waals surface area contributed by atoms with E-state index in [1.807, 2.05) is 40.8 Å². The fraction of sp³-hybridized carbons (Fsp3) is 0.412. The number of ether oxygens (including phenoxy) is 1. The molecule has 1 atom stereocenters. The molecule has 0 spiro atoms. The largest absolute Gasteiger partial charge is 0.488 e. The van der Waals surface area contributed by atoms with Gasteiger partial charge in [0.25, 0.3) is 0 Å². The molecule has 0 unspecified atom stereocenters. The number of likely N-dealkylation sites (N-methyl/N-ethyl adjacent to an activating group) is 1. The van der Waals surface area contributed by atoms with Gasteiger partial charge < -0.3 is 9.64 Å². The molecule has 0 radical (unpaired) electrons. The summed E-state index contributed by atoms with van der Waals surface area (Å²) in [7, 11) is 4.11. The van der Waals surface area contributed by atoms with Crippen molar-refractivity contribution in [2.75, 3.05) is 20.2 Å². The highest BCUT2D eigenvalue weighted by Crippen LogP contribution is 2.30. The molecule has 1 fully saturated rings. The molecular weight excluding hydrogens is 290 g/mol. The van der Waals surface area contributed by atoms with Crippen LogP contribution >= 0.6 is 0 Å². The molecule has 0 aromatic carbocycles. The Kier molecular flexibility index (Phi) is 3.53. The Morgan fingerprint density at radius 3 is 3.00 bits per heavy atom. The van der Waals surface area contributed by atoms with Gasteiger partial charge in [0.2, 0.25) is 0 Å². The summed E-state index contributed by atoms with van der Waals surface area (Å²) in [5, 5.41) is 8.62. The van der Waals surface area contributed by atoms with Gasteiger partial charge in [-0.25, -0.2) is 4.52 Å². The molecule has 0 amide bonds. The lowest BCUT2D eigenvalue weighted by atomic mass is 10.1. The zero-order valence-electron chi connectivity index (χ0n) is 13.5. The number of likely N-dealkylation sites (tertiary alicyclic amines) is 1. The Labute approximate surface area is 135 Å². The fourth-order valence-corrected chi connectivity index (χ4v) is 3.30. The Hall–Kier alpha value is -2.34. The number of rotatable bonds is 4. The molecule has 6 heteroatoms. The molecule has 3 aromatic heterocycles. The first-order valence-corrected chi connectivity index (χ1v) is 8.01. The molecule has 0 aliphatic carbocycles. The van der Waals surface area contributed by atoms with Crippen LogP contribution in [0.1, 0.15) is 12.8 Å². The second-order valence-corrected chi connectivity index (χ2v) is 6.18. The molecule has 0 bridgehead atoms. The van der Waals surface area contributed by atoms with E-state index in [2.05, 4.69) is 28.2 Å². The molecule has 1 aliphatic rings. The van der Waals surface area contributed by atoms with E-state index in [9.17, 15) is 0 Å². The normalized spacial score (nSPS) is 18.8. The molecule has 1 saturated heterocycles. The number of nitrogens with zero attached hydrogens (tertiary/aromatic N) is 5. The Balaban J connectivity index is 1.61. The summed E-state index contributed by atoms with van der Waals surface area (Å²) >= 11 is 0.